The van der Waals surface area contributed by atoms with Crippen LogP contribution in [0.2, 0.25) is 0 Å². The van der Waals surface area contributed by atoms with Gasteiger partial charge in [0, 0.05) is 6.21 Å². The Bertz CT molecular complexity index is 979. The number of benzene rings is 1. The molecule has 1 aromatic rings. The van der Waals surface area contributed by atoms with Crippen molar-refractivity contribution in [1.82, 2.24) is 0 Å². The average Bonchev–Trinajstić information content (AvgIpc) is 3.03. The lowest BCUT2D eigenvalue weighted by atomic mass is 9.89. The quantitative estimate of drug-likeness (QED) is 0.218. The molecule has 0 aliphatic heterocycles. The molecule has 0 amide bonds. The molecule has 0 fully saturated rings. The van der Waals surface area contributed by atoms with E-state index in [0.29, 0.717) is 16.4 Å². The largest absolute Gasteiger partial charge is 0.387 e. The highest BCUT2D eigenvalue weighted by Crippen LogP contribution is 2.34. The molecule has 0 heterocycles. The topological polar surface area (TPSA) is 112 Å². The van der Waals surface area contributed by atoms with E-state index in [1.54, 1.807) is 6.08 Å². The normalized spacial score (nSPS) is 21.6. The minimum atomic E-state index is -1.84. The summed E-state index contributed by atoms with van der Waals surface area (Å²) in [5.41, 5.74) is 3.36. The molecule has 36 heavy (non-hydrogen) atoms. The van der Waals surface area contributed by atoms with Crippen LogP contribution in [-0.4, -0.2) is 57.0 Å². The first-order valence-electron chi connectivity index (χ1n) is 12.7. The molecule has 2 rings (SSSR count). The number of aliphatic hydroxyl groups excluding tert-OH is 2. The molecule has 3 N–H and O–H groups in total. The number of rotatable bonds is 10. The number of hydrogen-bond acceptors (Lipinski definition) is 7. The van der Waals surface area contributed by atoms with Crippen molar-refractivity contribution < 1.29 is 23.3 Å². The molecule has 0 spiro atoms. The summed E-state index contributed by atoms with van der Waals surface area (Å²) in [5, 5.41) is 28.9. The lowest BCUT2D eigenvalue weighted by Gasteiger charge is -2.22. The zero-order valence-corrected chi connectivity index (χ0v) is 24.0. The lowest BCUT2D eigenvalue weighted by molar-refractivity contribution is -0.00702. The summed E-state index contributed by atoms with van der Waals surface area (Å²) in [7, 11) is 0. The van der Waals surface area contributed by atoms with Crippen LogP contribution in [0.15, 0.2) is 33.7 Å². The minimum Gasteiger partial charge on any atom is -0.387 e. The highest BCUT2D eigenvalue weighted by Gasteiger charge is 2.34. The molecular weight excluding hydrogens is 476 g/mol. The lowest BCUT2D eigenvalue weighted by Crippen LogP contribution is -2.32. The van der Waals surface area contributed by atoms with Gasteiger partial charge in [-0.2, -0.15) is 0 Å². The molecule has 8 heteroatoms. The van der Waals surface area contributed by atoms with Gasteiger partial charge in [-0.15, -0.1) is 0 Å². The van der Waals surface area contributed by atoms with E-state index >= 15 is 0 Å². The van der Waals surface area contributed by atoms with Crippen LogP contribution < -0.4 is 0 Å². The minimum absolute atomic E-state index is 0.0187. The van der Waals surface area contributed by atoms with Gasteiger partial charge in [0.1, 0.15) is 12.2 Å². The van der Waals surface area contributed by atoms with E-state index in [9.17, 15) is 14.4 Å². The zero-order valence-electron chi connectivity index (χ0n) is 23.2. The Labute approximate surface area is 219 Å². The molecule has 4 unspecified atom stereocenters. The van der Waals surface area contributed by atoms with Crippen LogP contribution >= 0.6 is 0 Å². The number of aliphatic hydroxyl groups is 2. The molecule has 0 bridgehead atoms. The number of nitrogens with one attached hydrogen (secondary N) is 1. The SMILES string of the molecule is CC(C)c1cc(C(C)C)c(S(=O)OC(=N)CC=NC2C=C(COC(C)(C)C)C(O)C2O)c(C(C)C)c1. The third-order valence-corrected chi connectivity index (χ3v) is 7.24. The van der Waals surface area contributed by atoms with Gasteiger partial charge >= 0.3 is 0 Å². The Hall–Kier alpha value is -1.87. The van der Waals surface area contributed by atoms with Crippen molar-refractivity contribution in [2.75, 3.05) is 6.61 Å². The van der Waals surface area contributed by atoms with E-state index < -0.39 is 29.3 Å². The Kier molecular flexibility index (Phi) is 10.6. The van der Waals surface area contributed by atoms with E-state index in [0.717, 1.165) is 11.1 Å². The van der Waals surface area contributed by atoms with Crippen LogP contribution in [-0.2, 0) is 20.0 Å². The summed E-state index contributed by atoms with van der Waals surface area (Å²) < 4.78 is 24.6. The fourth-order valence-electron chi connectivity index (χ4n) is 3.89. The standard InChI is InChI=1S/C28H44N2O5S/c1-16(2)19-12-21(17(3)4)27(22(13-19)18(5)6)36(33)35-24(29)10-11-30-23-14-20(25(31)26(23)32)15-34-28(7,8)9/h11-14,16-18,23,25-26,29,31-32H,10,15H2,1-9H3. The van der Waals surface area contributed by atoms with Gasteiger partial charge < -0.3 is 19.1 Å². The first kappa shape index (κ1) is 30.4. The van der Waals surface area contributed by atoms with Crippen LogP contribution in [0.4, 0.5) is 0 Å². The van der Waals surface area contributed by atoms with Gasteiger partial charge in [0.2, 0.25) is 17.0 Å². The van der Waals surface area contributed by atoms with Crippen molar-refractivity contribution in [2.45, 2.75) is 115 Å². The van der Waals surface area contributed by atoms with E-state index in [-0.39, 0.29) is 36.4 Å². The molecule has 7 nitrogen and oxygen atoms in total. The second kappa shape index (κ2) is 12.6. The van der Waals surface area contributed by atoms with E-state index in [1.165, 1.54) is 11.8 Å². The Morgan fingerprint density at radius 2 is 1.64 bits per heavy atom. The van der Waals surface area contributed by atoms with E-state index in [4.69, 9.17) is 14.3 Å². The van der Waals surface area contributed by atoms with Crippen molar-refractivity contribution in [3.05, 3.63) is 40.5 Å². The second-order valence-corrected chi connectivity index (χ2v) is 12.4. The van der Waals surface area contributed by atoms with Crippen LogP contribution in [0.1, 0.15) is 103 Å². The van der Waals surface area contributed by atoms with Gasteiger partial charge in [-0.25, -0.2) is 4.21 Å². The maximum Gasteiger partial charge on any atom is 0.242 e. The second-order valence-electron chi connectivity index (χ2n) is 11.3. The van der Waals surface area contributed by atoms with Crippen molar-refractivity contribution in [3.63, 3.8) is 0 Å². The summed E-state index contributed by atoms with van der Waals surface area (Å²) in [6.45, 7) is 18.5. The van der Waals surface area contributed by atoms with Crippen LogP contribution in [0, 0.1) is 5.41 Å². The smallest absolute Gasteiger partial charge is 0.242 e. The summed E-state index contributed by atoms with van der Waals surface area (Å²) in [4.78, 5) is 4.95. The van der Waals surface area contributed by atoms with E-state index in [2.05, 4.69) is 58.7 Å². The zero-order chi connectivity index (χ0) is 27.4. The molecule has 202 valence electrons. The van der Waals surface area contributed by atoms with Crippen molar-refractivity contribution in [3.8, 4) is 0 Å². The average molecular weight is 521 g/mol. The third kappa shape index (κ3) is 8.07. The number of ether oxygens (including phenoxy) is 1. The van der Waals surface area contributed by atoms with Gasteiger partial charge in [0.05, 0.1) is 29.6 Å². The third-order valence-electron chi connectivity index (χ3n) is 6.09. The van der Waals surface area contributed by atoms with Crippen LogP contribution in [0.25, 0.3) is 0 Å². The van der Waals surface area contributed by atoms with Gasteiger partial charge in [-0.3, -0.25) is 10.4 Å². The fourth-order valence-corrected chi connectivity index (χ4v) is 5.20. The molecular formula is C28H44N2O5S. The van der Waals surface area contributed by atoms with E-state index in [1.807, 2.05) is 20.8 Å². The Morgan fingerprint density at radius 1 is 1.08 bits per heavy atom. The maximum atomic E-state index is 13.3. The maximum absolute atomic E-state index is 13.3. The first-order chi connectivity index (χ1) is 16.6. The molecule has 0 saturated carbocycles. The molecule has 4 atom stereocenters. The summed E-state index contributed by atoms with van der Waals surface area (Å²) >= 11 is -1.84. The number of aliphatic imine (C=N–C) groups is 1. The van der Waals surface area contributed by atoms with Crippen LogP contribution in [0.5, 0.6) is 0 Å². The highest BCUT2D eigenvalue weighted by atomic mass is 32.2. The molecule has 1 aromatic carbocycles. The predicted octanol–water partition coefficient (Wildman–Crippen LogP) is 5.38. The molecule has 0 aromatic heterocycles. The summed E-state index contributed by atoms with van der Waals surface area (Å²) in [6, 6.07) is 3.56. The molecule has 1 aliphatic rings. The summed E-state index contributed by atoms with van der Waals surface area (Å²) in [5.74, 6) is 0.468. The van der Waals surface area contributed by atoms with Crippen molar-refractivity contribution >= 4 is 23.2 Å². The number of nitrogens with zero attached hydrogens (tertiary/aromatic N) is 1. The highest BCUT2D eigenvalue weighted by molar-refractivity contribution is 7.80. The van der Waals surface area contributed by atoms with Crippen molar-refractivity contribution in [1.29, 1.82) is 5.41 Å². The van der Waals surface area contributed by atoms with Gasteiger partial charge in [-0.05, 0) is 60.8 Å². The van der Waals surface area contributed by atoms with Crippen LogP contribution in [0.3, 0.4) is 0 Å². The molecule has 1 aliphatic carbocycles. The Balaban J connectivity index is 2.12. The monoisotopic (exact) mass is 520 g/mol. The van der Waals surface area contributed by atoms with Gasteiger partial charge in [0.15, 0.2) is 0 Å². The first-order valence-corrected chi connectivity index (χ1v) is 13.8. The Morgan fingerprint density at radius 3 is 2.11 bits per heavy atom. The fraction of sp³-hybridized carbons (Fsp3) is 0.643. The van der Waals surface area contributed by atoms with Gasteiger partial charge in [0.25, 0.3) is 0 Å². The van der Waals surface area contributed by atoms with Crippen molar-refractivity contribution in [2.24, 2.45) is 4.99 Å². The predicted molar refractivity (Wildman–Crippen MR) is 147 cm³/mol. The number of hydrogen-bond donors (Lipinski definition) is 3. The summed E-state index contributed by atoms with van der Waals surface area (Å²) in [6.07, 6.45) is 1.05. The van der Waals surface area contributed by atoms with Gasteiger partial charge in [-0.1, -0.05) is 59.8 Å². The molecule has 0 radical (unpaired) electrons. The molecule has 0 saturated heterocycles.